The number of methoxy groups -OCH3 is 1. The highest BCUT2D eigenvalue weighted by Gasteiger charge is 2.22. The molecule has 0 aliphatic heterocycles. The van der Waals surface area contributed by atoms with Gasteiger partial charge in [-0.15, -0.1) is 0 Å². The Kier molecular flexibility index (Phi) is 5.15. The van der Waals surface area contributed by atoms with Crippen LogP contribution in [0.15, 0.2) is 35.0 Å². The molecule has 0 saturated heterocycles. The SMILES string of the molecule is COc1ccc(C(=O)NCC(C)(O)Cc2ccsc2)cc1F. The first-order valence-corrected chi connectivity index (χ1v) is 7.71. The molecule has 0 fully saturated rings. The van der Waals surface area contributed by atoms with Crippen molar-refractivity contribution < 1.29 is 19.0 Å². The summed E-state index contributed by atoms with van der Waals surface area (Å²) in [6.45, 7) is 1.73. The Morgan fingerprint density at radius 3 is 2.82 bits per heavy atom. The molecule has 0 spiro atoms. The molecule has 1 amide bonds. The summed E-state index contributed by atoms with van der Waals surface area (Å²) in [7, 11) is 1.36. The topological polar surface area (TPSA) is 58.6 Å². The van der Waals surface area contributed by atoms with Crippen molar-refractivity contribution in [2.24, 2.45) is 0 Å². The second-order valence-electron chi connectivity index (χ2n) is 5.34. The Morgan fingerprint density at radius 1 is 1.45 bits per heavy atom. The lowest BCUT2D eigenvalue weighted by Crippen LogP contribution is -2.42. The van der Waals surface area contributed by atoms with E-state index in [2.05, 4.69) is 5.32 Å². The fraction of sp³-hybridized carbons (Fsp3) is 0.312. The van der Waals surface area contributed by atoms with Crippen molar-refractivity contribution in [3.8, 4) is 5.75 Å². The van der Waals surface area contributed by atoms with Gasteiger partial charge in [0, 0.05) is 18.5 Å². The number of thiophene rings is 1. The Bertz CT molecular complexity index is 641. The van der Waals surface area contributed by atoms with E-state index in [0.717, 1.165) is 11.6 Å². The third-order valence-electron chi connectivity index (χ3n) is 3.21. The number of carbonyl (C=O) groups is 1. The predicted molar refractivity (Wildman–Crippen MR) is 83.9 cm³/mol. The van der Waals surface area contributed by atoms with Crippen LogP contribution in [0.1, 0.15) is 22.8 Å². The third-order valence-corrected chi connectivity index (χ3v) is 3.94. The van der Waals surface area contributed by atoms with Gasteiger partial charge in [0.2, 0.25) is 0 Å². The van der Waals surface area contributed by atoms with Gasteiger partial charge in [0.1, 0.15) is 0 Å². The monoisotopic (exact) mass is 323 g/mol. The number of hydrogen-bond donors (Lipinski definition) is 2. The van der Waals surface area contributed by atoms with Gasteiger partial charge < -0.3 is 15.2 Å². The van der Waals surface area contributed by atoms with Crippen LogP contribution in [0.25, 0.3) is 0 Å². The summed E-state index contributed by atoms with van der Waals surface area (Å²) < 4.78 is 18.4. The number of hydrogen-bond acceptors (Lipinski definition) is 4. The fourth-order valence-corrected chi connectivity index (χ4v) is 2.74. The maximum Gasteiger partial charge on any atom is 0.251 e. The number of nitrogens with one attached hydrogen (secondary N) is 1. The van der Waals surface area contributed by atoms with E-state index >= 15 is 0 Å². The highest BCUT2D eigenvalue weighted by molar-refractivity contribution is 7.07. The maximum absolute atomic E-state index is 13.6. The van der Waals surface area contributed by atoms with Gasteiger partial charge in [-0.25, -0.2) is 4.39 Å². The molecule has 0 bridgehead atoms. The van der Waals surface area contributed by atoms with Crippen molar-refractivity contribution in [2.75, 3.05) is 13.7 Å². The lowest BCUT2D eigenvalue weighted by Gasteiger charge is -2.23. The minimum atomic E-state index is -1.07. The van der Waals surface area contributed by atoms with Gasteiger partial charge in [-0.2, -0.15) is 11.3 Å². The van der Waals surface area contributed by atoms with Crippen LogP contribution >= 0.6 is 11.3 Å². The highest BCUT2D eigenvalue weighted by Crippen LogP contribution is 2.18. The van der Waals surface area contributed by atoms with Gasteiger partial charge in [0.25, 0.3) is 5.91 Å². The molecule has 6 heteroatoms. The smallest absolute Gasteiger partial charge is 0.251 e. The number of ether oxygens (including phenoxy) is 1. The van der Waals surface area contributed by atoms with Crippen LogP contribution in [-0.2, 0) is 6.42 Å². The van der Waals surface area contributed by atoms with Gasteiger partial charge in [-0.1, -0.05) is 0 Å². The summed E-state index contributed by atoms with van der Waals surface area (Å²) in [5.74, 6) is -0.951. The average molecular weight is 323 g/mol. The van der Waals surface area contributed by atoms with Crippen LogP contribution in [0, 0.1) is 5.82 Å². The molecule has 1 aromatic carbocycles. The first-order valence-electron chi connectivity index (χ1n) is 6.76. The first kappa shape index (κ1) is 16.5. The Balaban J connectivity index is 1.95. The van der Waals surface area contributed by atoms with Crippen LogP contribution in [-0.4, -0.2) is 30.3 Å². The minimum absolute atomic E-state index is 0.0787. The zero-order valence-corrected chi connectivity index (χ0v) is 13.2. The molecule has 118 valence electrons. The maximum atomic E-state index is 13.6. The molecular weight excluding hydrogens is 305 g/mol. The zero-order chi connectivity index (χ0) is 16.2. The molecule has 0 aliphatic carbocycles. The van der Waals surface area contributed by atoms with E-state index in [-0.39, 0.29) is 17.9 Å². The number of rotatable bonds is 6. The standard InChI is InChI=1S/C16H18FNO3S/c1-16(20,8-11-5-6-22-9-11)10-18-15(19)12-3-4-14(21-2)13(17)7-12/h3-7,9,20H,8,10H2,1-2H3,(H,18,19). The molecule has 2 rings (SSSR count). The lowest BCUT2D eigenvalue weighted by atomic mass is 9.98. The molecule has 1 unspecified atom stereocenters. The van der Waals surface area contributed by atoms with Crippen molar-refractivity contribution in [2.45, 2.75) is 18.9 Å². The van der Waals surface area contributed by atoms with E-state index in [1.54, 1.807) is 18.3 Å². The molecule has 1 atom stereocenters. The van der Waals surface area contributed by atoms with E-state index in [0.29, 0.717) is 6.42 Å². The minimum Gasteiger partial charge on any atom is -0.494 e. The number of aliphatic hydroxyl groups is 1. The van der Waals surface area contributed by atoms with Gasteiger partial charge in [0.05, 0.1) is 12.7 Å². The fourth-order valence-electron chi connectivity index (χ4n) is 2.08. The summed E-state index contributed by atoms with van der Waals surface area (Å²) in [6, 6.07) is 5.92. The molecule has 4 nitrogen and oxygen atoms in total. The number of benzene rings is 1. The normalized spacial score (nSPS) is 13.5. The van der Waals surface area contributed by atoms with Crippen LogP contribution < -0.4 is 10.1 Å². The molecule has 0 saturated carbocycles. The van der Waals surface area contributed by atoms with E-state index in [1.165, 1.54) is 19.2 Å². The number of halogens is 1. The van der Waals surface area contributed by atoms with E-state index in [1.807, 2.05) is 16.8 Å². The predicted octanol–water partition coefficient (Wildman–Crippen LogP) is 2.62. The third kappa shape index (κ3) is 4.29. The summed E-state index contributed by atoms with van der Waals surface area (Å²) >= 11 is 1.55. The Morgan fingerprint density at radius 2 is 2.23 bits per heavy atom. The summed E-state index contributed by atoms with van der Waals surface area (Å²) in [5, 5.41) is 16.8. The lowest BCUT2D eigenvalue weighted by molar-refractivity contribution is 0.0553. The summed E-state index contributed by atoms with van der Waals surface area (Å²) in [4.78, 5) is 12.0. The van der Waals surface area contributed by atoms with Crippen molar-refractivity contribution in [3.05, 3.63) is 52.0 Å². The van der Waals surface area contributed by atoms with Crippen LogP contribution in [0.3, 0.4) is 0 Å². The number of amides is 1. The molecular formula is C16H18FNO3S. The van der Waals surface area contributed by atoms with Crippen molar-refractivity contribution in [1.82, 2.24) is 5.32 Å². The zero-order valence-electron chi connectivity index (χ0n) is 12.4. The van der Waals surface area contributed by atoms with Gasteiger partial charge >= 0.3 is 0 Å². The van der Waals surface area contributed by atoms with E-state index in [4.69, 9.17) is 4.74 Å². The van der Waals surface area contributed by atoms with Crippen molar-refractivity contribution in [1.29, 1.82) is 0 Å². The Hall–Kier alpha value is -1.92. The van der Waals surface area contributed by atoms with Gasteiger partial charge in [-0.05, 0) is 47.5 Å². The van der Waals surface area contributed by atoms with Crippen LogP contribution in [0.4, 0.5) is 4.39 Å². The van der Waals surface area contributed by atoms with Crippen molar-refractivity contribution in [3.63, 3.8) is 0 Å². The molecule has 1 heterocycles. The van der Waals surface area contributed by atoms with Crippen LogP contribution in [0.2, 0.25) is 0 Å². The van der Waals surface area contributed by atoms with E-state index in [9.17, 15) is 14.3 Å². The second kappa shape index (κ2) is 6.89. The summed E-state index contributed by atoms with van der Waals surface area (Å²) in [5.41, 5.74) is 0.131. The molecule has 0 aliphatic rings. The molecule has 0 radical (unpaired) electrons. The van der Waals surface area contributed by atoms with Crippen molar-refractivity contribution >= 4 is 17.2 Å². The van der Waals surface area contributed by atoms with E-state index < -0.39 is 17.3 Å². The Labute approximate surface area is 132 Å². The summed E-state index contributed by atoms with van der Waals surface area (Å²) in [6.07, 6.45) is 0.438. The first-order chi connectivity index (χ1) is 10.4. The average Bonchev–Trinajstić information content (AvgIpc) is 2.97. The second-order valence-corrected chi connectivity index (χ2v) is 6.12. The number of carbonyl (C=O) groups excluding carboxylic acids is 1. The van der Waals surface area contributed by atoms with Gasteiger partial charge in [-0.3, -0.25) is 4.79 Å². The quantitative estimate of drug-likeness (QED) is 0.859. The van der Waals surface area contributed by atoms with Crippen LogP contribution in [0.5, 0.6) is 5.75 Å². The molecule has 2 aromatic rings. The molecule has 2 N–H and O–H groups in total. The molecule has 1 aromatic heterocycles. The largest absolute Gasteiger partial charge is 0.494 e. The van der Waals surface area contributed by atoms with Gasteiger partial charge in [0.15, 0.2) is 11.6 Å². The highest BCUT2D eigenvalue weighted by atomic mass is 32.1. The molecule has 22 heavy (non-hydrogen) atoms.